The Labute approximate surface area is 350 Å². The molecule has 20 bridgehead atoms. The Bertz CT molecular complexity index is 1570. The lowest BCUT2D eigenvalue weighted by molar-refractivity contribution is -0.386. The molecule has 0 radical (unpaired) electrons. The highest BCUT2D eigenvalue weighted by molar-refractivity contribution is 5.05. The van der Waals surface area contributed by atoms with Crippen LogP contribution in [0.2, 0.25) is 0 Å². The van der Waals surface area contributed by atoms with Gasteiger partial charge in [-0.1, -0.05) is 0 Å². The summed E-state index contributed by atoms with van der Waals surface area (Å²) in [7, 11) is 0. The monoisotopic (exact) mass is 900 g/mol. The van der Waals surface area contributed by atoms with Crippen LogP contribution in [0.3, 0.4) is 0 Å². The van der Waals surface area contributed by atoms with E-state index in [1.165, 1.54) is 0 Å². The zero-order valence-electron chi connectivity index (χ0n) is 32.6. The zero-order chi connectivity index (χ0) is 42.9. The Kier molecular flexibility index (Phi) is 11.9. The molecule has 0 unspecified atom stereocenters. The lowest BCUT2D eigenvalue weighted by Crippen LogP contribution is -2.67. The van der Waals surface area contributed by atoms with Crippen molar-refractivity contribution in [3.63, 3.8) is 0 Å². The average molecular weight is 901 g/mol. The van der Waals surface area contributed by atoms with Gasteiger partial charge in [0.15, 0.2) is 37.7 Å². The summed E-state index contributed by atoms with van der Waals surface area (Å²) in [6.07, 6.45) is -40.1. The molecule has 0 aliphatic carbocycles. The Balaban J connectivity index is 0.859. The zero-order valence-corrected chi connectivity index (χ0v) is 32.6. The van der Waals surface area contributed by atoms with Gasteiger partial charge in [0.1, 0.15) is 146 Å². The normalized spacial score (nSPS) is 60.9. The number of hydrogen-bond donors (Lipinski definition) is 10. The Morgan fingerprint density at radius 2 is 0.500 bits per heavy atom. The molecule has 26 nitrogen and oxygen atoms in total. The fourth-order valence-electron chi connectivity index (χ4n) is 10.4. The van der Waals surface area contributed by atoms with Gasteiger partial charge < -0.3 is 127 Å². The van der Waals surface area contributed by atoms with E-state index in [0.29, 0.717) is 0 Å². The van der Waals surface area contributed by atoms with Gasteiger partial charge in [-0.15, -0.1) is 0 Å². The number of hydrogen-bond acceptors (Lipinski definition) is 26. The fraction of sp³-hybridized carbons (Fsp3) is 1.00. The summed E-state index contributed by atoms with van der Waals surface area (Å²) in [4.78, 5) is 0. The van der Waals surface area contributed by atoms with E-state index >= 15 is 0 Å². The van der Waals surface area contributed by atoms with Crippen LogP contribution in [0.25, 0.3) is 0 Å². The van der Waals surface area contributed by atoms with Gasteiger partial charge in [-0.25, -0.2) is 0 Å². The first kappa shape index (κ1) is 43.5. The second-order valence-corrected chi connectivity index (χ2v) is 17.3. The Hall–Kier alpha value is -1.04. The topological polar surface area (TPSA) is 350 Å². The number of rotatable bonds is 2. The molecule has 30 atom stereocenters. The quantitative estimate of drug-likeness (QED) is 0.123. The molecule has 0 aromatic rings. The van der Waals surface area contributed by atoms with Crippen LogP contribution in [-0.2, 0) is 75.8 Å². The molecule has 28 saturated heterocycles. The van der Waals surface area contributed by atoms with E-state index in [2.05, 4.69) is 0 Å². The molecule has 352 valence electrons. The molecule has 28 rings (SSSR count). The second-order valence-electron chi connectivity index (χ2n) is 17.3. The van der Waals surface area contributed by atoms with Crippen molar-refractivity contribution < 1.29 is 127 Å². The summed E-state index contributed by atoms with van der Waals surface area (Å²) < 4.78 is 95.5. The lowest BCUT2D eigenvalue weighted by atomic mass is 9.96. The molecule has 0 aromatic carbocycles. The van der Waals surface area contributed by atoms with Crippen LogP contribution in [0.5, 0.6) is 0 Å². The van der Waals surface area contributed by atoms with Crippen molar-refractivity contribution in [3.8, 4) is 0 Å². The van der Waals surface area contributed by atoms with E-state index in [9.17, 15) is 51.1 Å². The molecule has 0 spiro atoms. The number of aliphatic hydroxyl groups excluding tert-OH is 10. The minimum absolute atomic E-state index is 0.0100. The molecule has 0 aromatic heterocycles. The third kappa shape index (κ3) is 7.11. The first-order valence-corrected chi connectivity index (χ1v) is 20.9. The van der Waals surface area contributed by atoms with Crippen LogP contribution in [0.1, 0.15) is 0 Å². The summed E-state index contributed by atoms with van der Waals surface area (Å²) in [6, 6.07) is 0. The van der Waals surface area contributed by atoms with E-state index in [0.717, 1.165) is 0 Å². The largest absolute Gasteiger partial charge is 0.394 e. The summed E-state index contributed by atoms with van der Waals surface area (Å²) >= 11 is 0. The number of ether oxygens (including phenoxy) is 16. The van der Waals surface area contributed by atoms with Crippen LogP contribution in [0.4, 0.5) is 0 Å². The van der Waals surface area contributed by atoms with Gasteiger partial charge in [0.25, 0.3) is 0 Å². The first-order valence-electron chi connectivity index (χ1n) is 20.9. The molecule has 28 fully saturated rings. The maximum absolute atomic E-state index is 11.4. The summed E-state index contributed by atoms with van der Waals surface area (Å²) in [5, 5.41) is 111. The van der Waals surface area contributed by atoms with Crippen LogP contribution < -0.4 is 0 Å². The summed E-state index contributed by atoms with van der Waals surface area (Å²) in [5.74, 6) is 0. The standard InChI is InChI=1S/C36H52O26/c37-1-7-21-14(40)16(42)32(52-7)59-23-9-3-48-28(23)18(44)34(54-9)61-25-11-5-50-30(25)20(46)36(56-11)62-26-12-6-49-29(26)19(45)35(55-12)60-24-10-4-47-27(24)17(43)33(53-10)58-22-8(2-38)51-31(57-21)15(41)13(22)39/h7-46H,1-6H2/t7-,8-,9-,10-,11-,12-,13-,14-,15-,16-,17-,18-,19-,20-,21-,22-,23-,24-,25-,26-,27-,28-,29-,30-,31-,32-,33-,34-,35-,36-/m1/s1. The van der Waals surface area contributed by atoms with E-state index < -0.39 is 197 Å². The van der Waals surface area contributed by atoms with E-state index in [1.807, 2.05) is 0 Å². The van der Waals surface area contributed by atoms with Crippen LogP contribution >= 0.6 is 0 Å². The molecular formula is C36H52O26. The van der Waals surface area contributed by atoms with Crippen molar-refractivity contribution in [1.29, 1.82) is 0 Å². The Morgan fingerprint density at radius 3 is 0.758 bits per heavy atom. The lowest BCUT2D eigenvalue weighted by Gasteiger charge is -2.48. The smallest absolute Gasteiger partial charge is 0.187 e. The predicted octanol–water partition coefficient (Wildman–Crippen LogP) is -8.87. The van der Waals surface area contributed by atoms with Crippen molar-refractivity contribution in [3.05, 3.63) is 0 Å². The molecule has 62 heavy (non-hydrogen) atoms. The summed E-state index contributed by atoms with van der Waals surface area (Å²) in [6.45, 7) is -1.81. The molecule has 0 amide bonds. The van der Waals surface area contributed by atoms with E-state index in [1.54, 1.807) is 0 Å². The highest BCUT2D eigenvalue weighted by Crippen LogP contribution is 2.43. The Morgan fingerprint density at radius 1 is 0.258 bits per heavy atom. The van der Waals surface area contributed by atoms with Gasteiger partial charge in [-0.05, 0) is 0 Å². The molecule has 10 N–H and O–H groups in total. The molecule has 0 saturated carbocycles. The van der Waals surface area contributed by atoms with Gasteiger partial charge in [0.05, 0.1) is 39.6 Å². The third-order valence-electron chi connectivity index (χ3n) is 13.7. The van der Waals surface area contributed by atoms with Crippen molar-refractivity contribution in [2.75, 3.05) is 39.6 Å². The maximum Gasteiger partial charge on any atom is 0.187 e. The van der Waals surface area contributed by atoms with Crippen molar-refractivity contribution >= 4 is 0 Å². The van der Waals surface area contributed by atoms with E-state index in [4.69, 9.17) is 75.8 Å². The minimum atomic E-state index is -1.93. The van der Waals surface area contributed by atoms with Gasteiger partial charge in [-0.3, -0.25) is 0 Å². The highest BCUT2D eigenvalue weighted by Gasteiger charge is 2.63. The molecule has 28 aliphatic heterocycles. The molecular weight excluding hydrogens is 848 g/mol. The average Bonchev–Trinajstić information content (AvgIpc) is 3.96. The van der Waals surface area contributed by atoms with Crippen molar-refractivity contribution in [2.45, 2.75) is 184 Å². The molecule has 28 aliphatic rings. The van der Waals surface area contributed by atoms with Crippen molar-refractivity contribution in [1.82, 2.24) is 0 Å². The van der Waals surface area contributed by atoms with E-state index in [-0.39, 0.29) is 26.4 Å². The summed E-state index contributed by atoms with van der Waals surface area (Å²) in [5.41, 5.74) is 0. The highest BCUT2D eigenvalue weighted by atomic mass is 16.8. The molecule has 26 heteroatoms. The second kappa shape index (κ2) is 16.9. The fourth-order valence-corrected chi connectivity index (χ4v) is 10.4. The minimum Gasteiger partial charge on any atom is -0.394 e. The third-order valence-corrected chi connectivity index (χ3v) is 13.7. The van der Waals surface area contributed by atoms with Gasteiger partial charge in [-0.2, -0.15) is 0 Å². The SMILES string of the molecule is OC[C@H]1O[C@@H]2O[C@H]3[C@@H]4OC[C@H]3O[C@H](O[C@H]3[C@@H]5OC[C@H]3O[C@H](O[C@H]3[C@@H]6OC[C@H]3O[C@H](O[C@H]3[C@@H]7OC[C@H]3O[C@H](O[C@H]3[C@H](O)[C@@H](O)[C@@H](O[C@H]1[C@H](O)[C@H]2O)O[C@@H]3CO)[C@@H]7O)[C@@H]6O)[C@@H]5O)[C@@H]4O. The van der Waals surface area contributed by atoms with Crippen LogP contribution in [-0.4, -0.2) is 275 Å². The van der Waals surface area contributed by atoms with Crippen LogP contribution in [0, 0.1) is 0 Å². The van der Waals surface area contributed by atoms with Gasteiger partial charge in [0.2, 0.25) is 0 Å². The number of aliphatic hydroxyl groups is 10. The first-order chi connectivity index (χ1) is 29.9. The van der Waals surface area contributed by atoms with Gasteiger partial charge >= 0.3 is 0 Å². The van der Waals surface area contributed by atoms with Gasteiger partial charge in [0, 0.05) is 0 Å². The maximum atomic E-state index is 11.4. The van der Waals surface area contributed by atoms with Crippen LogP contribution in [0.15, 0.2) is 0 Å². The predicted molar refractivity (Wildman–Crippen MR) is 182 cm³/mol. The molecule has 28 heterocycles. The van der Waals surface area contributed by atoms with Crippen molar-refractivity contribution in [2.24, 2.45) is 0 Å².